The predicted octanol–water partition coefficient (Wildman–Crippen LogP) is 0.359. The van der Waals surface area contributed by atoms with Gasteiger partial charge in [0.25, 0.3) is 0 Å². The van der Waals surface area contributed by atoms with E-state index in [4.69, 9.17) is 29.6 Å². The van der Waals surface area contributed by atoms with Crippen LogP contribution in [0.1, 0.15) is 5.56 Å². The van der Waals surface area contributed by atoms with Crippen LogP contribution < -0.4 is 15.4 Å². The first-order chi connectivity index (χ1) is 8.20. The van der Waals surface area contributed by atoms with Gasteiger partial charge in [-0.2, -0.15) is 0 Å². The van der Waals surface area contributed by atoms with Gasteiger partial charge in [0.15, 0.2) is 0 Å². The Hall–Kier alpha value is -0.910. The predicted molar refractivity (Wildman–Crippen MR) is 76.3 cm³/mol. The highest BCUT2D eigenvalue weighted by molar-refractivity contribution is 8.00. The third kappa shape index (κ3) is 6.41. The maximum absolute atomic E-state index is 5.67. The van der Waals surface area contributed by atoms with Crippen molar-refractivity contribution in [1.29, 1.82) is 0 Å². The number of quaternary nitrogens is 1. The van der Waals surface area contributed by atoms with Crippen LogP contribution >= 0.6 is 12.2 Å². The highest BCUT2D eigenvalue weighted by Crippen LogP contribution is 2.15. The second-order valence-corrected chi connectivity index (χ2v) is 4.77. The van der Waals surface area contributed by atoms with E-state index in [1.807, 2.05) is 31.2 Å². The van der Waals surface area contributed by atoms with Gasteiger partial charge in [0.2, 0.25) is 0 Å². The molecule has 0 aliphatic rings. The van der Waals surface area contributed by atoms with Gasteiger partial charge in [-0.05, 0) is 18.6 Å². The van der Waals surface area contributed by atoms with Crippen molar-refractivity contribution >= 4 is 29.2 Å². The number of ether oxygens (including phenoxy) is 1. The first kappa shape index (κ1) is 14.2. The van der Waals surface area contributed by atoms with Crippen molar-refractivity contribution in [3.8, 4) is 5.75 Å². The quantitative estimate of drug-likeness (QED) is 0.426. The van der Waals surface area contributed by atoms with E-state index < -0.39 is 0 Å². The van der Waals surface area contributed by atoms with E-state index in [1.165, 1.54) is 5.56 Å². The summed E-state index contributed by atoms with van der Waals surface area (Å²) in [5.74, 6) is 0.964. The molecule has 0 aromatic heterocycles. The van der Waals surface area contributed by atoms with Gasteiger partial charge in [-0.25, -0.2) is 0 Å². The maximum atomic E-state index is 5.67. The molecule has 3 N–H and O–H groups in total. The average Bonchev–Trinajstić information content (AvgIpc) is 2.30. The largest absolute Gasteiger partial charge is 0.487 e. The van der Waals surface area contributed by atoms with Crippen LogP contribution in [0.4, 0.5) is 0 Å². The van der Waals surface area contributed by atoms with Gasteiger partial charge in [-0.1, -0.05) is 22.5 Å². The van der Waals surface area contributed by atoms with Crippen molar-refractivity contribution in [2.45, 2.75) is 6.92 Å². The molecule has 0 heterocycles. The summed E-state index contributed by atoms with van der Waals surface area (Å²) in [5.41, 5.74) is 1.17. The normalized spacial score (nSPS) is 9.94. The molecule has 0 amide bonds. The molecule has 0 saturated carbocycles. The van der Waals surface area contributed by atoms with Crippen molar-refractivity contribution in [2.24, 2.45) is 0 Å². The lowest BCUT2D eigenvalue weighted by Crippen LogP contribution is -2.86. The fourth-order valence-electron chi connectivity index (χ4n) is 1.39. The summed E-state index contributed by atoms with van der Waals surface area (Å²) in [7, 11) is 0. The zero-order chi connectivity index (χ0) is 12.5. The first-order valence-electron chi connectivity index (χ1n) is 5.65. The molecule has 0 spiro atoms. The van der Waals surface area contributed by atoms with Crippen LogP contribution in [-0.4, -0.2) is 30.6 Å². The second-order valence-electron chi connectivity index (χ2n) is 3.69. The van der Waals surface area contributed by atoms with Gasteiger partial charge in [-0.3, -0.25) is 0 Å². The van der Waals surface area contributed by atoms with Crippen LogP contribution in [0.2, 0.25) is 0 Å². The maximum Gasteiger partial charge on any atom is 0.137 e. The van der Waals surface area contributed by atoms with E-state index in [-0.39, 0.29) is 0 Å². The fraction of sp³-hybridized carbons (Fsp3) is 0.417. The van der Waals surface area contributed by atoms with E-state index in [0.717, 1.165) is 25.4 Å². The summed E-state index contributed by atoms with van der Waals surface area (Å²) in [5, 5.41) is 5.12. The molecule has 1 aromatic carbocycles. The average molecular weight is 270 g/mol. The number of thiocarbonyl (C=S) groups is 1. The minimum atomic E-state index is 0.439. The molecule has 1 rings (SSSR count). The Morgan fingerprint density at radius 1 is 1.41 bits per heavy atom. The molecular weight excluding hydrogens is 252 g/mol. The van der Waals surface area contributed by atoms with Crippen molar-refractivity contribution in [3.63, 3.8) is 0 Å². The van der Waals surface area contributed by atoms with Gasteiger partial charge in [0, 0.05) is 0 Å². The number of benzene rings is 1. The number of nitrogens with one attached hydrogen (secondary N) is 1. The van der Waals surface area contributed by atoms with E-state index in [1.54, 1.807) is 0 Å². The zero-order valence-electron chi connectivity index (χ0n) is 9.94. The number of hydrogen-bond acceptors (Lipinski definition) is 3. The third-order valence-electron chi connectivity index (χ3n) is 2.29. The number of para-hydroxylation sites is 1. The minimum absolute atomic E-state index is 0.439. The molecule has 0 saturated heterocycles. The molecule has 0 aliphatic heterocycles. The van der Waals surface area contributed by atoms with E-state index in [0.29, 0.717) is 10.9 Å². The number of aryl methyl sites for hydroxylation is 1. The third-order valence-corrected chi connectivity index (χ3v) is 2.58. The van der Waals surface area contributed by atoms with E-state index in [2.05, 4.69) is 10.6 Å². The Kier molecular flexibility index (Phi) is 6.84. The molecule has 0 unspecified atom stereocenters. The summed E-state index contributed by atoms with van der Waals surface area (Å²) in [4.78, 5) is 0. The Morgan fingerprint density at radius 2 is 2.18 bits per heavy atom. The molecule has 0 aliphatic carbocycles. The second kappa shape index (κ2) is 8.22. The zero-order valence-corrected chi connectivity index (χ0v) is 11.6. The molecule has 94 valence electrons. The monoisotopic (exact) mass is 270 g/mol. The highest BCUT2D eigenvalue weighted by atomic mass is 32.1. The standard InChI is InChI=1S/C12H18N2OS2/c1-10-4-2-3-5-11(10)15-9-8-13-6-7-14-12(16)17/h2-5,13H,6-9H2,1H3,(H2,14,16,17). The molecule has 3 nitrogen and oxygen atoms in total. The Bertz CT molecular complexity index is 358. The van der Waals surface area contributed by atoms with Crippen molar-refractivity contribution in [3.05, 3.63) is 29.8 Å². The van der Waals surface area contributed by atoms with Crippen molar-refractivity contribution < 1.29 is 10.1 Å². The van der Waals surface area contributed by atoms with Crippen molar-refractivity contribution in [1.82, 2.24) is 5.32 Å². The van der Waals surface area contributed by atoms with E-state index in [9.17, 15) is 0 Å². The summed E-state index contributed by atoms with van der Waals surface area (Å²) in [6.07, 6.45) is 0. The van der Waals surface area contributed by atoms with Crippen LogP contribution in [0, 0.1) is 6.92 Å². The molecule has 17 heavy (non-hydrogen) atoms. The molecule has 0 bridgehead atoms. The van der Waals surface area contributed by atoms with E-state index >= 15 is 0 Å². The van der Waals surface area contributed by atoms with Crippen LogP contribution in [0.15, 0.2) is 24.3 Å². The molecule has 0 radical (unpaired) electrons. The van der Waals surface area contributed by atoms with Crippen LogP contribution in [0.3, 0.4) is 0 Å². The lowest BCUT2D eigenvalue weighted by atomic mass is 10.2. The summed E-state index contributed by atoms with van der Waals surface area (Å²) in [6.45, 7) is 5.46. The smallest absolute Gasteiger partial charge is 0.137 e. The van der Waals surface area contributed by atoms with Gasteiger partial charge < -0.3 is 40.2 Å². The van der Waals surface area contributed by atoms with Gasteiger partial charge in [0.05, 0.1) is 13.1 Å². The molecule has 5 heteroatoms. The Balaban J connectivity index is 2.05. The van der Waals surface area contributed by atoms with Gasteiger partial charge in [-0.15, -0.1) is 0 Å². The van der Waals surface area contributed by atoms with Crippen LogP contribution in [-0.2, 0) is 12.6 Å². The lowest BCUT2D eigenvalue weighted by Gasteiger charge is -2.09. The molecule has 0 fully saturated rings. The summed E-state index contributed by atoms with van der Waals surface area (Å²) in [6, 6.07) is 8.04. The minimum Gasteiger partial charge on any atom is -0.487 e. The van der Waals surface area contributed by atoms with Gasteiger partial charge in [0.1, 0.15) is 18.9 Å². The Labute approximate surface area is 113 Å². The fourth-order valence-corrected chi connectivity index (χ4v) is 1.60. The number of nitrogens with two attached hydrogens (primary N) is 1. The van der Waals surface area contributed by atoms with Crippen LogP contribution in [0.25, 0.3) is 0 Å². The Morgan fingerprint density at radius 3 is 2.88 bits per heavy atom. The molecule has 1 aromatic rings. The van der Waals surface area contributed by atoms with Crippen molar-refractivity contribution in [2.75, 3.05) is 26.2 Å². The molecule has 0 atom stereocenters. The first-order valence-corrected chi connectivity index (χ1v) is 6.46. The number of rotatable bonds is 7. The highest BCUT2D eigenvalue weighted by Gasteiger charge is 1.97. The SMILES string of the molecule is Cc1ccccc1OCC[NH2+]CCNC(=S)[S-]. The topological polar surface area (TPSA) is 37.9 Å². The lowest BCUT2D eigenvalue weighted by molar-refractivity contribution is -0.653. The van der Waals surface area contributed by atoms with Gasteiger partial charge >= 0.3 is 0 Å². The van der Waals surface area contributed by atoms with Crippen LogP contribution in [0.5, 0.6) is 5.75 Å². The summed E-state index contributed by atoms with van der Waals surface area (Å²) < 4.78 is 6.11. The summed E-state index contributed by atoms with van der Waals surface area (Å²) >= 11 is 9.48. The number of hydrogen-bond donors (Lipinski definition) is 2. The molecular formula is C12H18N2OS2.